The molecule has 5 heteroatoms. The lowest BCUT2D eigenvalue weighted by Gasteiger charge is -2.10. The Labute approximate surface area is 126 Å². The van der Waals surface area contributed by atoms with E-state index in [1.165, 1.54) is 5.56 Å². The molecule has 1 aromatic heterocycles. The summed E-state index contributed by atoms with van der Waals surface area (Å²) in [6.07, 6.45) is 1.82. The minimum Gasteiger partial charge on any atom is -0.383 e. The van der Waals surface area contributed by atoms with Gasteiger partial charge in [-0.2, -0.15) is 0 Å². The Balaban J connectivity index is 2.02. The maximum Gasteiger partial charge on any atom is 0.250 e. The van der Waals surface area contributed by atoms with Crippen LogP contribution in [0.2, 0.25) is 0 Å². The molecule has 106 valence electrons. The number of ether oxygens (including phenoxy) is 1. The second-order valence-electron chi connectivity index (χ2n) is 4.42. The molecule has 0 spiro atoms. The molecule has 0 unspecified atom stereocenters. The highest BCUT2D eigenvalue weighted by Crippen LogP contribution is 2.12. The first-order valence-corrected chi connectivity index (χ1v) is 7.16. The van der Waals surface area contributed by atoms with Crippen molar-refractivity contribution in [2.75, 3.05) is 19.0 Å². The van der Waals surface area contributed by atoms with Crippen LogP contribution in [-0.4, -0.2) is 18.3 Å². The zero-order valence-corrected chi connectivity index (χ0v) is 12.9. The maximum atomic E-state index is 11.7. The van der Waals surface area contributed by atoms with Gasteiger partial charge < -0.3 is 14.6 Å². The molecule has 0 saturated carbocycles. The number of hydrogen-bond donors (Lipinski definition) is 1. The zero-order valence-electron chi connectivity index (χ0n) is 11.3. The monoisotopic (exact) mass is 336 g/mol. The Morgan fingerprint density at radius 2 is 1.95 bits per heavy atom. The molecule has 4 nitrogen and oxygen atoms in total. The molecule has 2 rings (SSSR count). The van der Waals surface area contributed by atoms with E-state index in [1.54, 1.807) is 23.8 Å². The lowest BCUT2D eigenvalue weighted by atomic mass is 10.2. The number of aromatic nitrogens is 1. The number of nitrogens with one attached hydrogen (secondary N) is 1. The highest BCUT2D eigenvalue weighted by atomic mass is 79.9. The van der Waals surface area contributed by atoms with Crippen molar-refractivity contribution < 1.29 is 4.74 Å². The fraction of sp³-hybridized carbons (Fsp3) is 0.267. The van der Waals surface area contributed by atoms with Gasteiger partial charge >= 0.3 is 0 Å². The van der Waals surface area contributed by atoms with Crippen LogP contribution in [0.25, 0.3) is 0 Å². The van der Waals surface area contributed by atoms with Gasteiger partial charge in [-0.1, -0.05) is 28.1 Å². The predicted molar refractivity (Wildman–Crippen MR) is 84.0 cm³/mol. The second-order valence-corrected chi connectivity index (χ2v) is 5.34. The summed E-state index contributed by atoms with van der Waals surface area (Å²) in [7, 11) is 1.63. The lowest BCUT2D eigenvalue weighted by Crippen LogP contribution is -2.21. The fourth-order valence-corrected chi connectivity index (χ4v) is 2.07. The van der Waals surface area contributed by atoms with Crippen LogP contribution in [0.3, 0.4) is 0 Å². The van der Waals surface area contributed by atoms with E-state index in [0.717, 1.165) is 16.7 Å². The fourth-order valence-electron chi connectivity index (χ4n) is 1.81. The summed E-state index contributed by atoms with van der Waals surface area (Å²) >= 11 is 3.41. The number of benzene rings is 1. The Morgan fingerprint density at radius 3 is 2.65 bits per heavy atom. The van der Waals surface area contributed by atoms with Crippen molar-refractivity contribution in [1.82, 2.24) is 4.57 Å². The van der Waals surface area contributed by atoms with Gasteiger partial charge in [0.2, 0.25) is 0 Å². The second kappa shape index (κ2) is 7.26. The number of nitrogens with zero attached hydrogens (tertiary/aromatic N) is 1. The van der Waals surface area contributed by atoms with Gasteiger partial charge in [0.25, 0.3) is 5.56 Å². The van der Waals surface area contributed by atoms with Crippen LogP contribution < -0.4 is 10.9 Å². The Hall–Kier alpha value is -1.59. The highest BCUT2D eigenvalue weighted by molar-refractivity contribution is 9.10. The number of halogens is 1. The topological polar surface area (TPSA) is 43.3 Å². The predicted octanol–water partition coefficient (Wildman–Crippen LogP) is 2.87. The number of methoxy groups -OCH3 is 1. The van der Waals surface area contributed by atoms with Crippen molar-refractivity contribution in [2.45, 2.75) is 13.1 Å². The van der Waals surface area contributed by atoms with Gasteiger partial charge in [0.1, 0.15) is 0 Å². The van der Waals surface area contributed by atoms with Crippen LogP contribution in [0.1, 0.15) is 5.56 Å². The van der Waals surface area contributed by atoms with Gasteiger partial charge in [-0.15, -0.1) is 0 Å². The van der Waals surface area contributed by atoms with Gasteiger partial charge in [-0.25, -0.2) is 0 Å². The van der Waals surface area contributed by atoms with Crippen molar-refractivity contribution in [2.24, 2.45) is 0 Å². The largest absolute Gasteiger partial charge is 0.383 e. The third-order valence-electron chi connectivity index (χ3n) is 2.93. The molecule has 1 heterocycles. The Bertz CT molecular complexity index is 608. The summed E-state index contributed by atoms with van der Waals surface area (Å²) in [5.74, 6) is 0. The smallest absolute Gasteiger partial charge is 0.250 e. The van der Waals surface area contributed by atoms with Crippen LogP contribution in [0.15, 0.2) is 51.9 Å². The average molecular weight is 337 g/mol. The molecule has 20 heavy (non-hydrogen) atoms. The van der Waals surface area contributed by atoms with Crippen molar-refractivity contribution in [3.63, 3.8) is 0 Å². The van der Waals surface area contributed by atoms with Crippen LogP contribution in [-0.2, 0) is 17.8 Å². The van der Waals surface area contributed by atoms with E-state index in [9.17, 15) is 4.79 Å². The molecule has 0 amide bonds. The summed E-state index contributed by atoms with van der Waals surface area (Å²) in [4.78, 5) is 11.7. The van der Waals surface area contributed by atoms with Gasteiger partial charge in [-0.3, -0.25) is 4.79 Å². The SMILES string of the molecule is COCCn1cc(NCc2ccc(Br)cc2)ccc1=O. The summed E-state index contributed by atoms with van der Waals surface area (Å²) in [6.45, 7) is 1.80. The van der Waals surface area contributed by atoms with E-state index in [2.05, 4.69) is 33.4 Å². The van der Waals surface area contributed by atoms with E-state index < -0.39 is 0 Å². The summed E-state index contributed by atoms with van der Waals surface area (Å²) < 4.78 is 7.71. The molecule has 2 aromatic rings. The van der Waals surface area contributed by atoms with E-state index in [4.69, 9.17) is 4.74 Å². The van der Waals surface area contributed by atoms with Gasteiger partial charge in [0.15, 0.2) is 0 Å². The summed E-state index contributed by atoms with van der Waals surface area (Å²) in [6, 6.07) is 11.5. The highest BCUT2D eigenvalue weighted by Gasteiger charge is 1.99. The molecule has 0 radical (unpaired) electrons. The molecule has 0 aliphatic rings. The van der Waals surface area contributed by atoms with E-state index in [1.807, 2.05) is 18.3 Å². The first kappa shape index (κ1) is 14.8. The molecule has 1 aromatic carbocycles. The molecular formula is C15H17BrN2O2. The van der Waals surface area contributed by atoms with Gasteiger partial charge in [-0.05, 0) is 23.8 Å². The number of pyridine rings is 1. The van der Waals surface area contributed by atoms with Crippen molar-refractivity contribution in [3.8, 4) is 0 Å². The Kier molecular flexibility index (Phi) is 5.38. The average Bonchev–Trinajstić information content (AvgIpc) is 2.46. The molecule has 0 saturated heterocycles. The van der Waals surface area contributed by atoms with E-state index in [0.29, 0.717) is 13.2 Å². The molecule has 0 atom stereocenters. The van der Waals surface area contributed by atoms with Crippen LogP contribution in [0.4, 0.5) is 5.69 Å². The normalized spacial score (nSPS) is 10.5. The van der Waals surface area contributed by atoms with Crippen LogP contribution >= 0.6 is 15.9 Å². The first-order chi connectivity index (χ1) is 9.69. The van der Waals surface area contributed by atoms with Gasteiger partial charge in [0, 0.05) is 36.9 Å². The van der Waals surface area contributed by atoms with Crippen molar-refractivity contribution >= 4 is 21.6 Å². The van der Waals surface area contributed by atoms with Gasteiger partial charge in [0.05, 0.1) is 12.3 Å². The molecule has 0 aliphatic carbocycles. The zero-order chi connectivity index (χ0) is 14.4. The number of rotatable bonds is 6. The van der Waals surface area contributed by atoms with Crippen molar-refractivity contribution in [3.05, 3.63) is 63.0 Å². The van der Waals surface area contributed by atoms with Crippen LogP contribution in [0.5, 0.6) is 0 Å². The summed E-state index contributed by atoms with van der Waals surface area (Å²) in [5, 5.41) is 3.31. The third kappa shape index (κ3) is 4.21. The minimum atomic E-state index is -0.0174. The molecule has 0 fully saturated rings. The van der Waals surface area contributed by atoms with Crippen LogP contribution in [0, 0.1) is 0 Å². The van der Waals surface area contributed by atoms with E-state index >= 15 is 0 Å². The van der Waals surface area contributed by atoms with Crippen molar-refractivity contribution in [1.29, 1.82) is 0 Å². The minimum absolute atomic E-state index is 0.0174. The Morgan fingerprint density at radius 1 is 1.20 bits per heavy atom. The standard InChI is InChI=1S/C15H17BrN2O2/c1-20-9-8-18-11-14(6-7-15(18)19)17-10-12-2-4-13(16)5-3-12/h2-7,11,17H,8-10H2,1H3. The number of hydrogen-bond acceptors (Lipinski definition) is 3. The lowest BCUT2D eigenvalue weighted by molar-refractivity contribution is 0.186. The third-order valence-corrected chi connectivity index (χ3v) is 3.46. The van der Waals surface area contributed by atoms with E-state index in [-0.39, 0.29) is 5.56 Å². The molecular weight excluding hydrogens is 320 g/mol. The number of anilines is 1. The quantitative estimate of drug-likeness (QED) is 0.882. The maximum absolute atomic E-state index is 11.7. The molecule has 0 bridgehead atoms. The molecule has 1 N–H and O–H groups in total. The molecule has 0 aliphatic heterocycles. The summed E-state index contributed by atoms with van der Waals surface area (Å²) in [5.41, 5.74) is 2.09. The first-order valence-electron chi connectivity index (χ1n) is 6.37.